The lowest BCUT2D eigenvalue weighted by molar-refractivity contribution is -0.906. The lowest BCUT2D eigenvalue weighted by Gasteiger charge is -2.18. The summed E-state index contributed by atoms with van der Waals surface area (Å²) in [7, 11) is 1.58. The number of para-hydroxylation sites is 1. The first-order chi connectivity index (χ1) is 13.5. The summed E-state index contributed by atoms with van der Waals surface area (Å²) in [5.41, 5.74) is 0.388. The van der Waals surface area contributed by atoms with Crippen molar-refractivity contribution < 1.29 is 19.2 Å². The summed E-state index contributed by atoms with van der Waals surface area (Å²) in [6.07, 6.45) is 1.81. The lowest BCUT2D eigenvalue weighted by atomic mass is 10.2. The summed E-state index contributed by atoms with van der Waals surface area (Å²) in [5.74, 6) is 0.0817. The van der Waals surface area contributed by atoms with Crippen molar-refractivity contribution in [3.63, 3.8) is 0 Å². The van der Waals surface area contributed by atoms with Gasteiger partial charge in [0, 0.05) is 13.7 Å². The van der Waals surface area contributed by atoms with E-state index in [0.29, 0.717) is 43.0 Å². The Kier molecular flexibility index (Phi) is 8.57. The van der Waals surface area contributed by atoms with Crippen molar-refractivity contribution in [1.82, 2.24) is 20.6 Å². The van der Waals surface area contributed by atoms with Gasteiger partial charge >= 0.3 is 6.03 Å². The summed E-state index contributed by atoms with van der Waals surface area (Å²) < 4.78 is 5.11. The number of methoxy groups -OCH3 is 1. The summed E-state index contributed by atoms with van der Waals surface area (Å²) in [5, 5.41) is 5.49. The molecule has 1 unspecified atom stereocenters. The molecule has 1 aromatic heterocycles. The Balaban J connectivity index is 2.02. The van der Waals surface area contributed by atoms with Crippen LogP contribution in [0.25, 0.3) is 10.9 Å². The van der Waals surface area contributed by atoms with Gasteiger partial charge in [-0.05, 0) is 18.6 Å². The molecule has 0 radical (unpaired) electrons. The number of carbonyl (C=O) groups is 2. The van der Waals surface area contributed by atoms with Crippen LogP contribution >= 0.6 is 0 Å². The Morgan fingerprint density at radius 1 is 1.29 bits per heavy atom. The highest BCUT2D eigenvalue weighted by atomic mass is 16.5. The van der Waals surface area contributed by atoms with Crippen molar-refractivity contribution >= 4 is 22.8 Å². The molecule has 1 aromatic carbocycles. The number of benzene rings is 1. The van der Waals surface area contributed by atoms with Crippen LogP contribution in [0.2, 0.25) is 0 Å². The minimum absolute atomic E-state index is 0.0566. The average molecular weight is 390 g/mol. The van der Waals surface area contributed by atoms with E-state index in [1.165, 1.54) is 0 Å². The van der Waals surface area contributed by atoms with E-state index in [1.54, 1.807) is 25.3 Å². The van der Waals surface area contributed by atoms with Crippen molar-refractivity contribution in [3.8, 4) is 0 Å². The lowest BCUT2D eigenvalue weighted by Crippen LogP contribution is -3.12. The molecule has 4 N–H and O–H groups in total. The zero-order valence-electron chi connectivity index (χ0n) is 16.3. The molecule has 0 bridgehead atoms. The number of hydrogen-bond acceptors (Lipinski definition) is 5. The molecule has 0 aliphatic rings. The number of H-pyrrole nitrogens is 1. The number of fused-ring (bicyclic) bond motifs is 1. The van der Waals surface area contributed by atoms with E-state index in [9.17, 15) is 14.4 Å². The number of hydrogen-bond donors (Lipinski definition) is 4. The summed E-state index contributed by atoms with van der Waals surface area (Å²) in [4.78, 5) is 44.2. The zero-order chi connectivity index (χ0) is 20.4. The van der Waals surface area contributed by atoms with Gasteiger partial charge in [-0.2, -0.15) is 0 Å². The van der Waals surface area contributed by atoms with E-state index in [4.69, 9.17) is 4.74 Å². The van der Waals surface area contributed by atoms with Crippen LogP contribution in [-0.2, 0) is 16.1 Å². The second-order valence-corrected chi connectivity index (χ2v) is 6.53. The third-order valence-electron chi connectivity index (χ3n) is 4.22. The number of nitrogens with zero attached hydrogens (tertiary/aromatic N) is 1. The molecular formula is C19H28N5O4+. The number of quaternary nitrogens is 1. The standard InChI is InChI=1S/C19H27N5O4/c1-3-4-9-20-19(27)23-17(25)13-24(10-11-28-2)12-16-21-15-8-6-5-7-14(15)18(26)22-16/h5-8H,3-4,9-13H2,1-2H3,(H,21,22,26)(H2,20,23,25,27)/p+1. The number of aromatic amines is 1. The maximum atomic E-state index is 12.2. The molecule has 28 heavy (non-hydrogen) atoms. The molecule has 0 fully saturated rings. The number of urea groups is 1. The first kappa shape index (κ1) is 21.5. The van der Waals surface area contributed by atoms with E-state index in [1.807, 2.05) is 13.0 Å². The van der Waals surface area contributed by atoms with Crippen molar-refractivity contribution in [3.05, 3.63) is 40.4 Å². The zero-order valence-corrected chi connectivity index (χ0v) is 16.3. The number of unbranched alkanes of at least 4 members (excludes halogenated alkanes) is 1. The maximum absolute atomic E-state index is 12.2. The van der Waals surface area contributed by atoms with Gasteiger partial charge in [-0.3, -0.25) is 14.9 Å². The van der Waals surface area contributed by atoms with Crippen molar-refractivity contribution in [2.24, 2.45) is 0 Å². The van der Waals surface area contributed by atoms with Gasteiger partial charge in [0.15, 0.2) is 12.4 Å². The molecule has 2 rings (SSSR count). The van der Waals surface area contributed by atoms with Gasteiger partial charge in [-0.25, -0.2) is 9.78 Å². The van der Waals surface area contributed by atoms with Crippen LogP contribution in [0.1, 0.15) is 25.6 Å². The first-order valence-electron chi connectivity index (χ1n) is 9.41. The number of ether oxygens (including phenoxy) is 1. The van der Waals surface area contributed by atoms with Crippen LogP contribution in [0, 0.1) is 0 Å². The molecule has 9 heteroatoms. The summed E-state index contributed by atoms with van der Waals surface area (Å²) in [6.45, 7) is 3.89. The van der Waals surface area contributed by atoms with Gasteiger partial charge in [0.25, 0.3) is 11.5 Å². The topological polar surface area (TPSA) is 118 Å². The van der Waals surface area contributed by atoms with Crippen LogP contribution < -0.4 is 21.1 Å². The highest BCUT2D eigenvalue weighted by molar-refractivity contribution is 5.94. The quantitative estimate of drug-likeness (QED) is 0.411. The minimum Gasteiger partial charge on any atom is -0.379 e. The third kappa shape index (κ3) is 6.75. The Morgan fingerprint density at radius 3 is 2.82 bits per heavy atom. The highest BCUT2D eigenvalue weighted by Crippen LogP contribution is 2.04. The Hall–Kier alpha value is -2.78. The number of aromatic nitrogens is 2. The molecule has 0 spiro atoms. The fourth-order valence-corrected chi connectivity index (χ4v) is 2.76. The van der Waals surface area contributed by atoms with E-state index < -0.39 is 11.9 Å². The molecule has 0 aliphatic heterocycles. The van der Waals surface area contributed by atoms with E-state index in [2.05, 4.69) is 20.6 Å². The third-order valence-corrected chi connectivity index (χ3v) is 4.22. The fourth-order valence-electron chi connectivity index (χ4n) is 2.76. The fraction of sp³-hybridized carbons (Fsp3) is 0.474. The second kappa shape index (κ2) is 11.2. The van der Waals surface area contributed by atoms with Crippen molar-refractivity contribution in [1.29, 1.82) is 0 Å². The van der Waals surface area contributed by atoms with Crippen LogP contribution in [-0.4, -0.2) is 55.3 Å². The highest BCUT2D eigenvalue weighted by Gasteiger charge is 2.18. The van der Waals surface area contributed by atoms with Gasteiger partial charge in [0.05, 0.1) is 17.5 Å². The molecular weight excluding hydrogens is 362 g/mol. The predicted molar refractivity (Wildman–Crippen MR) is 105 cm³/mol. The largest absolute Gasteiger partial charge is 0.379 e. The molecule has 3 amide bonds. The number of imide groups is 1. The molecule has 2 aromatic rings. The summed E-state index contributed by atoms with van der Waals surface area (Å²) in [6, 6.07) is 6.59. The van der Waals surface area contributed by atoms with Crippen LogP contribution in [0.15, 0.2) is 29.1 Å². The molecule has 152 valence electrons. The average Bonchev–Trinajstić information content (AvgIpc) is 2.66. The molecule has 0 saturated heterocycles. The Morgan fingerprint density at radius 2 is 2.07 bits per heavy atom. The predicted octanol–water partition coefficient (Wildman–Crippen LogP) is -0.420. The van der Waals surface area contributed by atoms with Gasteiger partial charge in [-0.1, -0.05) is 25.5 Å². The molecule has 9 nitrogen and oxygen atoms in total. The smallest absolute Gasteiger partial charge is 0.321 e. The van der Waals surface area contributed by atoms with Gasteiger partial charge < -0.3 is 19.9 Å². The number of nitrogens with one attached hydrogen (secondary N) is 4. The summed E-state index contributed by atoms with van der Waals surface area (Å²) >= 11 is 0. The molecule has 0 aliphatic carbocycles. The second-order valence-electron chi connectivity index (χ2n) is 6.53. The minimum atomic E-state index is -0.498. The van der Waals surface area contributed by atoms with E-state index >= 15 is 0 Å². The molecule has 1 atom stereocenters. The maximum Gasteiger partial charge on any atom is 0.321 e. The Bertz CT molecular complexity index is 852. The number of rotatable bonds is 10. The van der Waals surface area contributed by atoms with Gasteiger partial charge in [0.1, 0.15) is 13.1 Å². The monoisotopic (exact) mass is 390 g/mol. The van der Waals surface area contributed by atoms with E-state index in [-0.39, 0.29) is 12.1 Å². The number of amides is 3. The normalized spacial score (nSPS) is 11.9. The van der Waals surface area contributed by atoms with Crippen molar-refractivity contribution in [2.45, 2.75) is 26.3 Å². The number of carbonyl (C=O) groups excluding carboxylic acids is 2. The van der Waals surface area contributed by atoms with Gasteiger partial charge in [0.2, 0.25) is 0 Å². The Labute approximate surface area is 163 Å². The van der Waals surface area contributed by atoms with Gasteiger partial charge in [-0.15, -0.1) is 0 Å². The molecule has 1 heterocycles. The van der Waals surface area contributed by atoms with Crippen LogP contribution in [0.4, 0.5) is 4.79 Å². The van der Waals surface area contributed by atoms with E-state index in [0.717, 1.165) is 17.7 Å². The SMILES string of the molecule is CCCCNC(=O)NC(=O)C[NH+](CCOC)Cc1nc2ccccc2c(=O)[nH]1. The molecule has 0 saturated carbocycles. The first-order valence-corrected chi connectivity index (χ1v) is 9.41. The van der Waals surface area contributed by atoms with Crippen LogP contribution in [0.3, 0.4) is 0 Å². The van der Waals surface area contributed by atoms with Crippen molar-refractivity contribution in [2.75, 3.05) is 33.4 Å². The van der Waals surface area contributed by atoms with Crippen LogP contribution in [0.5, 0.6) is 0 Å².